The first-order valence-corrected chi connectivity index (χ1v) is 9.93. The first kappa shape index (κ1) is 21.6. The first-order valence-electron chi connectivity index (χ1n) is 9.11. The van der Waals surface area contributed by atoms with Gasteiger partial charge in [0.2, 0.25) is 0 Å². The van der Waals surface area contributed by atoms with Gasteiger partial charge in [0.1, 0.15) is 10.6 Å². The van der Waals surface area contributed by atoms with Crippen LogP contribution in [0.25, 0.3) is 0 Å². The van der Waals surface area contributed by atoms with Gasteiger partial charge in [-0.3, -0.25) is 9.32 Å². The van der Waals surface area contributed by atoms with Gasteiger partial charge in [-0.1, -0.05) is 4.68 Å². The number of ether oxygens (including phenoxy) is 2. The molecule has 11 nitrogen and oxygen atoms in total. The molecule has 0 bridgehead atoms. The van der Waals surface area contributed by atoms with E-state index in [9.17, 15) is 19.2 Å². The summed E-state index contributed by atoms with van der Waals surface area (Å²) in [5.41, 5.74) is -0.805. The number of anilines is 1. The highest BCUT2D eigenvalue weighted by Gasteiger charge is 2.34. The molecule has 1 aliphatic heterocycles. The molecule has 1 aliphatic rings. The van der Waals surface area contributed by atoms with Gasteiger partial charge in [0.05, 0.1) is 19.2 Å². The Bertz CT molecular complexity index is 1060. The van der Waals surface area contributed by atoms with Crippen molar-refractivity contribution in [2.45, 2.75) is 39.3 Å². The smallest absolute Gasteiger partial charge is 0.440 e. The number of hydrogen-bond donors (Lipinski definition) is 2. The van der Waals surface area contributed by atoms with E-state index in [1.165, 1.54) is 19.1 Å². The Kier molecular flexibility index (Phi) is 5.70. The van der Waals surface area contributed by atoms with Gasteiger partial charge in [-0.15, -0.1) is 11.3 Å². The largest absolute Gasteiger partial charge is 0.465 e. The third kappa shape index (κ3) is 4.22. The second-order valence-electron chi connectivity index (χ2n) is 7.69. The van der Waals surface area contributed by atoms with Gasteiger partial charge in [-0.25, -0.2) is 14.4 Å². The first-order chi connectivity index (χ1) is 14.0. The Morgan fingerprint density at radius 3 is 2.57 bits per heavy atom. The fourth-order valence-electron chi connectivity index (χ4n) is 3.04. The highest BCUT2D eigenvalue weighted by Crippen LogP contribution is 2.38. The average molecular weight is 439 g/mol. The number of nitrogens with one attached hydrogen (secondary N) is 2. The lowest BCUT2D eigenvalue weighted by atomic mass is 10.0. The number of methoxy groups -OCH3 is 1. The molecule has 0 unspecified atom stereocenters. The van der Waals surface area contributed by atoms with E-state index < -0.39 is 29.2 Å². The number of carbonyl (C=O) groups excluding carboxylic acids is 3. The van der Waals surface area contributed by atoms with Gasteiger partial charge >= 0.3 is 29.3 Å². The van der Waals surface area contributed by atoms with Crippen LogP contribution in [-0.2, 0) is 29.5 Å². The highest BCUT2D eigenvalue weighted by atomic mass is 32.1. The molecule has 162 valence electrons. The lowest BCUT2D eigenvalue weighted by molar-refractivity contribution is -0.741. The van der Waals surface area contributed by atoms with Crippen LogP contribution in [0.1, 0.15) is 52.1 Å². The maximum atomic E-state index is 12.6. The summed E-state index contributed by atoms with van der Waals surface area (Å²) in [7, 11) is 2.69. The van der Waals surface area contributed by atoms with Crippen molar-refractivity contribution in [1.29, 1.82) is 0 Å². The quantitative estimate of drug-likeness (QED) is 0.542. The van der Waals surface area contributed by atoms with Gasteiger partial charge in [-0.05, 0) is 38.0 Å². The van der Waals surface area contributed by atoms with Gasteiger partial charge in [-0.2, -0.15) is 0 Å². The molecule has 0 fully saturated rings. The predicted molar refractivity (Wildman–Crippen MR) is 104 cm³/mol. The van der Waals surface area contributed by atoms with E-state index in [2.05, 4.69) is 15.1 Å². The number of carbonyl (C=O) groups is 3. The van der Waals surface area contributed by atoms with Crippen LogP contribution >= 0.6 is 11.3 Å². The molecule has 2 N–H and O–H groups in total. The molecule has 2 aromatic rings. The summed E-state index contributed by atoms with van der Waals surface area (Å²) >= 11 is 1.15. The SMILES string of the molecule is COC(=O)c1c(NC(=O)c2c(=O)o[nH][n+]2C)sc2c1CCN(C(=O)OC(C)(C)C)C2. The third-order valence-corrected chi connectivity index (χ3v) is 5.48. The Morgan fingerprint density at radius 2 is 2.00 bits per heavy atom. The zero-order chi connectivity index (χ0) is 22.2. The molecule has 2 aromatic heterocycles. The standard InChI is InChI=1S/C18H22N4O7S/c1-18(2,3)28-17(26)22-7-6-9-10(8-22)30-14(11(9)15(24)27-5)19-13(23)12-16(25)29-20-21(12)4/h6-8H2,1-5H3,(H-,19,20,23,24,25)/p+1. The summed E-state index contributed by atoms with van der Waals surface area (Å²) in [5, 5.41) is 5.09. The zero-order valence-electron chi connectivity index (χ0n) is 17.3. The Balaban J connectivity index is 1.91. The summed E-state index contributed by atoms with van der Waals surface area (Å²) in [6.07, 6.45) is -0.0606. The fraction of sp³-hybridized carbons (Fsp3) is 0.500. The maximum Gasteiger partial charge on any atom is 0.440 e. The number of fused-ring (bicyclic) bond motifs is 1. The van der Waals surface area contributed by atoms with E-state index in [4.69, 9.17) is 9.47 Å². The number of H-pyrrole nitrogens is 1. The van der Waals surface area contributed by atoms with Crippen LogP contribution in [0.5, 0.6) is 0 Å². The van der Waals surface area contributed by atoms with E-state index >= 15 is 0 Å². The summed E-state index contributed by atoms with van der Waals surface area (Å²) in [6, 6.07) is 0. The van der Waals surface area contributed by atoms with Crippen LogP contribution in [0.2, 0.25) is 0 Å². The van der Waals surface area contributed by atoms with Crippen LogP contribution < -0.4 is 15.6 Å². The van der Waals surface area contributed by atoms with Crippen LogP contribution in [0.3, 0.4) is 0 Å². The fourth-order valence-corrected chi connectivity index (χ4v) is 4.29. The van der Waals surface area contributed by atoms with Gasteiger partial charge in [0.15, 0.2) is 7.05 Å². The molecule has 0 aromatic carbocycles. The number of amides is 2. The Morgan fingerprint density at radius 1 is 1.30 bits per heavy atom. The lowest BCUT2D eigenvalue weighted by Gasteiger charge is -2.30. The maximum absolute atomic E-state index is 12.6. The van der Waals surface area contributed by atoms with E-state index in [1.807, 2.05) is 0 Å². The number of aromatic nitrogens is 2. The molecule has 0 radical (unpaired) electrons. The number of aromatic amines is 1. The number of aryl methyl sites for hydroxylation is 1. The minimum atomic E-state index is -0.841. The van der Waals surface area contributed by atoms with Crippen molar-refractivity contribution in [3.8, 4) is 0 Å². The summed E-state index contributed by atoms with van der Waals surface area (Å²) < 4.78 is 16.0. The molecule has 0 saturated heterocycles. The number of esters is 1. The van der Waals surface area contributed by atoms with Crippen molar-refractivity contribution in [3.05, 3.63) is 32.1 Å². The minimum Gasteiger partial charge on any atom is -0.465 e. The monoisotopic (exact) mass is 439 g/mol. The average Bonchev–Trinajstić information content (AvgIpc) is 3.18. The number of thiophene rings is 1. The van der Waals surface area contributed by atoms with E-state index in [0.29, 0.717) is 18.5 Å². The molecule has 0 atom stereocenters. The molecule has 12 heteroatoms. The summed E-state index contributed by atoms with van der Waals surface area (Å²) in [4.78, 5) is 51.4. The van der Waals surface area contributed by atoms with E-state index in [1.54, 1.807) is 20.8 Å². The van der Waals surface area contributed by atoms with Crippen LogP contribution in [0.15, 0.2) is 9.32 Å². The predicted octanol–water partition coefficient (Wildman–Crippen LogP) is 1.19. The molecule has 30 heavy (non-hydrogen) atoms. The third-order valence-electron chi connectivity index (χ3n) is 4.34. The molecular formula is C18H23N4O7S+. The molecule has 0 aliphatic carbocycles. The highest BCUT2D eigenvalue weighted by molar-refractivity contribution is 7.17. The Labute approximate surface area is 175 Å². The van der Waals surface area contributed by atoms with Crippen LogP contribution in [-0.4, -0.2) is 47.4 Å². The zero-order valence-corrected chi connectivity index (χ0v) is 18.1. The Hall–Kier alpha value is -3.15. The molecular weight excluding hydrogens is 416 g/mol. The molecule has 0 saturated carbocycles. The topological polar surface area (TPSA) is 135 Å². The normalized spacial score (nSPS) is 13.6. The molecule has 2 amide bonds. The van der Waals surface area contributed by atoms with Crippen molar-refractivity contribution in [3.63, 3.8) is 0 Å². The van der Waals surface area contributed by atoms with E-state index in [0.717, 1.165) is 20.9 Å². The number of hydrogen-bond acceptors (Lipinski definition) is 8. The van der Waals surface area contributed by atoms with Crippen LogP contribution in [0.4, 0.5) is 9.80 Å². The van der Waals surface area contributed by atoms with E-state index in [-0.39, 0.29) is 22.8 Å². The van der Waals surface area contributed by atoms with Crippen molar-refractivity contribution < 1.29 is 33.1 Å². The summed E-state index contributed by atoms with van der Waals surface area (Å²) in [5.74, 6) is -1.35. The van der Waals surface area contributed by atoms with Gasteiger partial charge in [0.25, 0.3) is 0 Å². The number of rotatable bonds is 3. The number of nitrogens with zero attached hydrogens (tertiary/aromatic N) is 2. The van der Waals surface area contributed by atoms with Crippen LogP contribution in [0, 0.1) is 0 Å². The van der Waals surface area contributed by atoms with Crippen molar-refractivity contribution in [1.82, 2.24) is 10.2 Å². The van der Waals surface area contributed by atoms with Gasteiger partial charge < -0.3 is 19.7 Å². The minimum absolute atomic E-state index is 0.220. The second-order valence-corrected chi connectivity index (χ2v) is 8.80. The van der Waals surface area contributed by atoms with Crippen molar-refractivity contribution in [2.75, 3.05) is 19.0 Å². The molecule has 0 spiro atoms. The van der Waals surface area contributed by atoms with Crippen molar-refractivity contribution in [2.24, 2.45) is 7.05 Å². The molecule has 3 heterocycles. The molecule has 3 rings (SSSR count). The lowest BCUT2D eigenvalue weighted by Crippen LogP contribution is -2.41. The second kappa shape index (κ2) is 7.94. The summed E-state index contributed by atoms with van der Waals surface area (Å²) in [6.45, 7) is 5.94. The van der Waals surface area contributed by atoms with Gasteiger partial charge in [0, 0.05) is 11.4 Å². The van der Waals surface area contributed by atoms with Crippen molar-refractivity contribution >= 4 is 34.3 Å².